The van der Waals surface area contributed by atoms with Gasteiger partial charge in [0.2, 0.25) is 5.91 Å². The SMILES string of the molecule is Cc1cc(F)ccc1N1CCC[C@@H](NC(=O)C(C)(C)C#N)C1. The topological polar surface area (TPSA) is 56.1 Å². The average Bonchev–Trinajstić information content (AvgIpc) is 2.47. The molecule has 1 aromatic rings. The molecular formula is C17H22FN3O. The standard InChI is InChI=1S/C17H22FN3O/c1-12-9-13(18)6-7-15(12)21-8-4-5-14(10-21)20-16(22)17(2,3)11-19/h6-7,9,14H,4-5,8,10H2,1-3H3,(H,20,22)/t14-/m1/s1. The van der Waals surface area contributed by atoms with Gasteiger partial charge in [0.1, 0.15) is 11.2 Å². The number of nitriles is 1. The molecule has 1 heterocycles. The summed E-state index contributed by atoms with van der Waals surface area (Å²) in [6, 6.07) is 6.81. The van der Waals surface area contributed by atoms with Crippen molar-refractivity contribution >= 4 is 11.6 Å². The van der Waals surface area contributed by atoms with Crippen molar-refractivity contribution in [2.45, 2.75) is 39.7 Å². The largest absolute Gasteiger partial charge is 0.369 e. The van der Waals surface area contributed by atoms with Gasteiger partial charge < -0.3 is 10.2 Å². The van der Waals surface area contributed by atoms with E-state index in [2.05, 4.69) is 10.2 Å². The molecule has 4 nitrogen and oxygen atoms in total. The quantitative estimate of drug-likeness (QED) is 0.934. The summed E-state index contributed by atoms with van der Waals surface area (Å²) >= 11 is 0. The molecule has 0 bridgehead atoms. The van der Waals surface area contributed by atoms with E-state index in [1.165, 1.54) is 12.1 Å². The smallest absolute Gasteiger partial charge is 0.240 e. The van der Waals surface area contributed by atoms with E-state index < -0.39 is 5.41 Å². The van der Waals surface area contributed by atoms with Crippen LogP contribution in [0.3, 0.4) is 0 Å². The number of hydrogen-bond donors (Lipinski definition) is 1. The molecule has 0 aliphatic carbocycles. The van der Waals surface area contributed by atoms with Crippen LogP contribution < -0.4 is 10.2 Å². The number of rotatable bonds is 3. The molecule has 0 spiro atoms. The van der Waals surface area contributed by atoms with Gasteiger partial charge in [-0.3, -0.25) is 4.79 Å². The Bertz CT molecular complexity index is 606. The second kappa shape index (κ2) is 6.35. The van der Waals surface area contributed by atoms with Crippen molar-refractivity contribution in [3.05, 3.63) is 29.6 Å². The fourth-order valence-electron chi connectivity index (χ4n) is 2.70. The predicted octanol–water partition coefficient (Wildman–Crippen LogP) is 2.77. The minimum atomic E-state index is -1.02. The zero-order valence-corrected chi connectivity index (χ0v) is 13.3. The first-order valence-corrected chi connectivity index (χ1v) is 7.57. The van der Waals surface area contributed by atoms with Crippen LogP contribution in [-0.4, -0.2) is 25.0 Å². The lowest BCUT2D eigenvalue weighted by molar-refractivity contribution is -0.127. The lowest BCUT2D eigenvalue weighted by Gasteiger charge is -2.36. The molecular weight excluding hydrogens is 281 g/mol. The van der Waals surface area contributed by atoms with Gasteiger partial charge in [-0.15, -0.1) is 0 Å². The zero-order valence-electron chi connectivity index (χ0n) is 13.3. The molecule has 118 valence electrons. The molecule has 2 rings (SSSR count). The number of amides is 1. The fraction of sp³-hybridized carbons (Fsp3) is 0.529. The van der Waals surface area contributed by atoms with Gasteiger partial charge in [-0.2, -0.15) is 5.26 Å². The first kappa shape index (κ1) is 16.3. The molecule has 1 aliphatic rings. The maximum atomic E-state index is 13.2. The number of carbonyl (C=O) groups is 1. The number of piperidine rings is 1. The zero-order chi connectivity index (χ0) is 16.3. The van der Waals surface area contributed by atoms with Gasteiger partial charge in [0.15, 0.2) is 0 Å². The molecule has 1 aromatic carbocycles. The molecule has 1 N–H and O–H groups in total. The van der Waals surface area contributed by atoms with Crippen molar-refractivity contribution in [1.29, 1.82) is 5.26 Å². The fourth-order valence-corrected chi connectivity index (χ4v) is 2.70. The molecule has 1 saturated heterocycles. The molecule has 1 fully saturated rings. The summed E-state index contributed by atoms with van der Waals surface area (Å²) in [7, 11) is 0. The average molecular weight is 303 g/mol. The monoisotopic (exact) mass is 303 g/mol. The third kappa shape index (κ3) is 3.56. The van der Waals surface area contributed by atoms with Crippen LogP contribution >= 0.6 is 0 Å². The van der Waals surface area contributed by atoms with E-state index in [-0.39, 0.29) is 17.8 Å². The second-order valence-electron chi connectivity index (χ2n) is 6.43. The summed E-state index contributed by atoms with van der Waals surface area (Å²) in [6.07, 6.45) is 1.85. The highest BCUT2D eigenvalue weighted by Gasteiger charge is 2.30. The van der Waals surface area contributed by atoms with Crippen molar-refractivity contribution in [2.24, 2.45) is 5.41 Å². The molecule has 0 aromatic heterocycles. The Kier molecular flexibility index (Phi) is 4.70. The van der Waals surface area contributed by atoms with Crippen molar-refractivity contribution < 1.29 is 9.18 Å². The van der Waals surface area contributed by atoms with Crippen LogP contribution in [0.5, 0.6) is 0 Å². The molecule has 0 saturated carbocycles. The van der Waals surface area contributed by atoms with Crippen molar-refractivity contribution in [1.82, 2.24) is 5.32 Å². The second-order valence-corrected chi connectivity index (χ2v) is 6.43. The summed E-state index contributed by atoms with van der Waals surface area (Å²) < 4.78 is 13.2. The van der Waals surface area contributed by atoms with Crippen LogP contribution in [0, 0.1) is 29.5 Å². The number of anilines is 1. The Hall–Kier alpha value is -2.09. The maximum absolute atomic E-state index is 13.2. The number of aryl methyl sites for hydroxylation is 1. The Balaban J connectivity index is 2.06. The van der Waals surface area contributed by atoms with Crippen LogP contribution in [0.4, 0.5) is 10.1 Å². The van der Waals surface area contributed by atoms with Crippen LogP contribution in [-0.2, 0) is 4.79 Å². The maximum Gasteiger partial charge on any atom is 0.240 e. The van der Waals surface area contributed by atoms with Gasteiger partial charge in [-0.05, 0) is 57.4 Å². The third-order valence-electron chi connectivity index (χ3n) is 4.10. The van der Waals surface area contributed by atoms with Gasteiger partial charge in [0, 0.05) is 24.8 Å². The highest BCUT2D eigenvalue weighted by atomic mass is 19.1. The van der Waals surface area contributed by atoms with Crippen molar-refractivity contribution in [2.75, 3.05) is 18.0 Å². The summed E-state index contributed by atoms with van der Waals surface area (Å²) in [4.78, 5) is 14.3. The lowest BCUT2D eigenvalue weighted by Crippen LogP contribution is -2.50. The van der Waals surface area contributed by atoms with Gasteiger partial charge >= 0.3 is 0 Å². The number of nitrogens with zero attached hydrogens (tertiary/aromatic N) is 2. The molecule has 5 heteroatoms. The number of nitrogens with one attached hydrogen (secondary N) is 1. The first-order chi connectivity index (χ1) is 10.3. The minimum absolute atomic E-state index is 0.0123. The van der Waals surface area contributed by atoms with Crippen LogP contribution in [0.2, 0.25) is 0 Å². The minimum Gasteiger partial charge on any atom is -0.369 e. The molecule has 1 atom stereocenters. The van der Waals surface area contributed by atoms with Gasteiger partial charge in [0.25, 0.3) is 0 Å². The molecule has 22 heavy (non-hydrogen) atoms. The predicted molar refractivity (Wildman–Crippen MR) is 83.9 cm³/mol. The normalized spacial score (nSPS) is 18.7. The summed E-state index contributed by atoms with van der Waals surface area (Å²) in [5.74, 6) is -0.475. The first-order valence-electron chi connectivity index (χ1n) is 7.57. The van der Waals surface area contributed by atoms with Gasteiger partial charge in [0.05, 0.1) is 6.07 Å². The van der Waals surface area contributed by atoms with Crippen molar-refractivity contribution in [3.8, 4) is 6.07 Å². The Labute approximate surface area is 130 Å². The number of halogens is 1. The third-order valence-corrected chi connectivity index (χ3v) is 4.10. The summed E-state index contributed by atoms with van der Waals surface area (Å²) in [5, 5.41) is 12.0. The molecule has 1 amide bonds. The van der Waals surface area contributed by atoms with Crippen molar-refractivity contribution in [3.63, 3.8) is 0 Å². The number of carbonyl (C=O) groups excluding carboxylic acids is 1. The highest BCUT2D eigenvalue weighted by molar-refractivity contribution is 5.84. The van der Waals surface area contributed by atoms with Crippen LogP contribution in [0.25, 0.3) is 0 Å². The molecule has 1 aliphatic heterocycles. The Morgan fingerprint density at radius 2 is 2.23 bits per heavy atom. The number of hydrogen-bond acceptors (Lipinski definition) is 3. The molecule has 0 radical (unpaired) electrons. The lowest BCUT2D eigenvalue weighted by atomic mass is 9.93. The van der Waals surface area contributed by atoms with E-state index in [1.807, 2.05) is 13.0 Å². The number of benzene rings is 1. The van der Waals surface area contributed by atoms with E-state index in [0.29, 0.717) is 6.54 Å². The molecule has 0 unspecified atom stereocenters. The Morgan fingerprint density at radius 3 is 2.86 bits per heavy atom. The van der Waals surface area contributed by atoms with Crippen LogP contribution in [0.1, 0.15) is 32.3 Å². The van der Waals surface area contributed by atoms with Gasteiger partial charge in [-0.1, -0.05) is 0 Å². The van der Waals surface area contributed by atoms with E-state index in [9.17, 15) is 9.18 Å². The highest BCUT2D eigenvalue weighted by Crippen LogP contribution is 2.25. The van der Waals surface area contributed by atoms with E-state index in [4.69, 9.17) is 5.26 Å². The Morgan fingerprint density at radius 1 is 1.50 bits per heavy atom. The van der Waals surface area contributed by atoms with Crippen LogP contribution in [0.15, 0.2) is 18.2 Å². The van der Waals surface area contributed by atoms with Gasteiger partial charge in [-0.25, -0.2) is 4.39 Å². The van der Waals surface area contributed by atoms with E-state index in [1.54, 1.807) is 19.9 Å². The van der Waals surface area contributed by atoms with E-state index in [0.717, 1.165) is 30.6 Å². The summed E-state index contributed by atoms with van der Waals surface area (Å²) in [6.45, 7) is 6.69. The summed E-state index contributed by atoms with van der Waals surface area (Å²) in [5.41, 5.74) is 0.873. The van der Waals surface area contributed by atoms with E-state index >= 15 is 0 Å².